The molecule has 1 amide bonds. The molecule has 2 aromatic heterocycles. The van der Waals surface area contributed by atoms with Crippen molar-refractivity contribution in [1.82, 2.24) is 19.8 Å². The van der Waals surface area contributed by atoms with Crippen molar-refractivity contribution in [2.75, 3.05) is 19.6 Å². The molecule has 1 aliphatic heterocycles. The summed E-state index contributed by atoms with van der Waals surface area (Å²) in [6.07, 6.45) is 6.35. The number of carbonyl (C=O) groups is 1. The van der Waals surface area contributed by atoms with E-state index in [2.05, 4.69) is 17.2 Å². The topological polar surface area (TPSA) is 67.2 Å². The summed E-state index contributed by atoms with van der Waals surface area (Å²) >= 11 is 1.66. The summed E-state index contributed by atoms with van der Waals surface area (Å²) < 4.78 is 1.62. The van der Waals surface area contributed by atoms with Crippen molar-refractivity contribution >= 4 is 27.5 Å². The molecule has 25 heavy (non-hydrogen) atoms. The van der Waals surface area contributed by atoms with Gasteiger partial charge in [0.25, 0.3) is 5.56 Å². The largest absolute Gasteiger partial charge is 0.337 e. The fourth-order valence-electron chi connectivity index (χ4n) is 3.91. The van der Waals surface area contributed by atoms with Gasteiger partial charge in [-0.1, -0.05) is 0 Å². The Morgan fingerprint density at radius 3 is 3.08 bits per heavy atom. The Morgan fingerprint density at radius 1 is 1.40 bits per heavy atom. The van der Waals surface area contributed by atoms with Crippen LogP contribution < -0.4 is 10.9 Å². The summed E-state index contributed by atoms with van der Waals surface area (Å²) in [5.41, 5.74) is 1.23. The van der Waals surface area contributed by atoms with Gasteiger partial charge >= 0.3 is 0 Å². The second-order valence-electron chi connectivity index (χ2n) is 7.02. The van der Waals surface area contributed by atoms with Gasteiger partial charge in [0.2, 0.25) is 5.91 Å². The van der Waals surface area contributed by atoms with E-state index in [-0.39, 0.29) is 17.5 Å². The molecule has 134 valence electrons. The van der Waals surface area contributed by atoms with Crippen molar-refractivity contribution in [1.29, 1.82) is 0 Å². The quantitative estimate of drug-likeness (QED) is 0.902. The van der Waals surface area contributed by atoms with Crippen LogP contribution in [0.4, 0.5) is 0 Å². The fraction of sp³-hybridized carbons (Fsp3) is 0.611. The number of hydrogen-bond acceptors (Lipinski definition) is 5. The Kier molecular flexibility index (Phi) is 4.60. The molecule has 6 nitrogen and oxygen atoms in total. The average Bonchev–Trinajstić information content (AvgIpc) is 3.00. The molecule has 0 bridgehead atoms. The Labute approximate surface area is 150 Å². The lowest BCUT2D eigenvalue weighted by Gasteiger charge is -2.34. The minimum atomic E-state index is 0.0190. The van der Waals surface area contributed by atoms with Gasteiger partial charge in [-0.2, -0.15) is 0 Å². The number of thiophene rings is 1. The molecule has 1 atom stereocenters. The Bertz CT molecular complexity index is 857. The van der Waals surface area contributed by atoms with E-state index in [4.69, 9.17) is 0 Å². The fourth-order valence-corrected chi connectivity index (χ4v) is 5.13. The van der Waals surface area contributed by atoms with E-state index >= 15 is 0 Å². The van der Waals surface area contributed by atoms with Crippen LogP contribution in [0.25, 0.3) is 10.2 Å². The highest BCUT2D eigenvalue weighted by atomic mass is 32.1. The molecule has 3 heterocycles. The molecule has 0 radical (unpaired) electrons. The number of amides is 1. The lowest BCUT2D eigenvalue weighted by Crippen LogP contribution is -2.52. The molecule has 1 aliphatic carbocycles. The standard InChI is InChI=1S/C18H24N4O2S/c1-12-10-19-7-9-22(12)15(23)6-8-21-11-20-17-16(18(21)24)13-4-2-3-5-14(13)25-17/h11-12,19H,2-10H2,1H3. The van der Waals surface area contributed by atoms with Crippen molar-refractivity contribution in [2.24, 2.45) is 0 Å². The minimum absolute atomic E-state index is 0.0190. The summed E-state index contributed by atoms with van der Waals surface area (Å²) in [7, 11) is 0. The Balaban J connectivity index is 1.54. The number of hydrogen-bond donors (Lipinski definition) is 1. The maximum absolute atomic E-state index is 12.9. The number of fused-ring (bicyclic) bond motifs is 3. The zero-order valence-corrected chi connectivity index (χ0v) is 15.4. The van der Waals surface area contributed by atoms with Gasteiger partial charge < -0.3 is 10.2 Å². The summed E-state index contributed by atoms with van der Waals surface area (Å²) in [5, 5.41) is 4.09. The highest BCUT2D eigenvalue weighted by Crippen LogP contribution is 2.33. The van der Waals surface area contributed by atoms with Crippen LogP contribution in [0.1, 0.15) is 36.6 Å². The number of carbonyl (C=O) groups excluding carboxylic acids is 1. The smallest absolute Gasteiger partial charge is 0.262 e. The van der Waals surface area contributed by atoms with Crippen LogP contribution in [0.2, 0.25) is 0 Å². The van der Waals surface area contributed by atoms with E-state index in [1.54, 1.807) is 22.2 Å². The molecule has 2 aromatic rings. The first kappa shape index (κ1) is 16.7. The average molecular weight is 360 g/mol. The molecule has 1 unspecified atom stereocenters. The summed E-state index contributed by atoms with van der Waals surface area (Å²) in [6.45, 7) is 4.87. The van der Waals surface area contributed by atoms with Gasteiger partial charge in [-0.25, -0.2) is 4.98 Å². The number of piperazine rings is 1. The third-order valence-corrected chi connectivity index (χ3v) is 6.53. The van der Waals surface area contributed by atoms with Gasteiger partial charge in [0, 0.05) is 43.5 Å². The van der Waals surface area contributed by atoms with Crippen molar-refractivity contribution in [3.63, 3.8) is 0 Å². The summed E-state index contributed by atoms with van der Waals surface area (Å²) in [6, 6.07) is 0.211. The zero-order chi connectivity index (χ0) is 17.4. The van der Waals surface area contributed by atoms with Gasteiger partial charge in [-0.05, 0) is 38.2 Å². The van der Waals surface area contributed by atoms with Crippen LogP contribution in [0.5, 0.6) is 0 Å². The summed E-state index contributed by atoms with van der Waals surface area (Å²) in [5.74, 6) is 0.119. The molecule has 4 rings (SSSR count). The number of nitrogens with zero attached hydrogens (tertiary/aromatic N) is 3. The van der Waals surface area contributed by atoms with Crippen LogP contribution in [-0.4, -0.2) is 46.0 Å². The van der Waals surface area contributed by atoms with Gasteiger partial charge in [-0.3, -0.25) is 14.2 Å². The molecule has 1 N–H and O–H groups in total. The lowest BCUT2D eigenvalue weighted by atomic mass is 9.97. The van der Waals surface area contributed by atoms with Gasteiger partial charge in [-0.15, -0.1) is 11.3 Å². The highest BCUT2D eigenvalue weighted by Gasteiger charge is 2.23. The maximum Gasteiger partial charge on any atom is 0.262 e. The van der Waals surface area contributed by atoms with Crippen molar-refractivity contribution in [3.8, 4) is 0 Å². The number of rotatable bonds is 3. The van der Waals surface area contributed by atoms with Crippen molar-refractivity contribution < 1.29 is 4.79 Å². The van der Waals surface area contributed by atoms with Gasteiger partial charge in [0.15, 0.2) is 0 Å². The molecule has 1 fully saturated rings. The molecule has 7 heteroatoms. The van der Waals surface area contributed by atoms with E-state index < -0.39 is 0 Å². The second kappa shape index (κ2) is 6.88. The molecule has 0 saturated carbocycles. The van der Waals surface area contributed by atoms with Crippen LogP contribution in [-0.2, 0) is 24.2 Å². The normalized spacial score (nSPS) is 20.7. The molecular formula is C18H24N4O2S. The molecule has 1 saturated heterocycles. The molecule has 2 aliphatic rings. The predicted octanol–water partition coefficient (Wildman–Crippen LogP) is 1.55. The number of nitrogens with one attached hydrogen (secondary N) is 1. The first-order valence-electron chi connectivity index (χ1n) is 9.15. The second-order valence-corrected chi connectivity index (χ2v) is 8.11. The predicted molar refractivity (Wildman–Crippen MR) is 99.2 cm³/mol. The van der Waals surface area contributed by atoms with Crippen LogP contribution in [0.3, 0.4) is 0 Å². The van der Waals surface area contributed by atoms with Crippen LogP contribution in [0, 0.1) is 0 Å². The van der Waals surface area contributed by atoms with E-state index in [1.807, 2.05) is 4.90 Å². The van der Waals surface area contributed by atoms with E-state index in [0.29, 0.717) is 13.0 Å². The molecule has 0 aromatic carbocycles. The van der Waals surface area contributed by atoms with Gasteiger partial charge in [0.05, 0.1) is 11.7 Å². The summed E-state index contributed by atoms with van der Waals surface area (Å²) in [4.78, 5) is 34.0. The lowest BCUT2D eigenvalue weighted by molar-refractivity contribution is -0.134. The molecule has 0 spiro atoms. The Hall–Kier alpha value is -1.73. The zero-order valence-electron chi connectivity index (χ0n) is 14.6. The van der Waals surface area contributed by atoms with E-state index in [0.717, 1.165) is 49.1 Å². The van der Waals surface area contributed by atoms with Crippen molar-refractivity contribution in [3.05, 3.63) is 27.1 Å². The Morgan fingerprint density at radius 2 is 2.24 bits per heavy atom. The van der Waals surface area contributed by atoms with Gasteiger partial charge in [0.1, 0.15) is 4.83 Å². The number of aryl methyl sites for hydroxylation is 3. The third-order valence-electron chi connectivity index (χ3n) is 5.33. The van der Waals surface area contributed by atoms with E-state index in [1.165, 1.54) is 16.9 Å². The minimum Gasteiger partial charge on any atom is -0.337 e. The third kappa shape index (κ3) is 3.11. The maximum atomic E-state index is 12.9. The molecular weight excluding hydrogens is 336 g/mol. The number of aromatic nitrogens is 2. The van der Waals surface area contributed by atoms with Crippen LogP contribution >= 0.6 is 11.3 Å². The van der Waals surface area contributed by atoms with E-state index in [9.17, 15) is 9.59 Å². The monoisotopic (exact) mass is 360 g/mol. The van der Waals surface area contributed by atoms with Crippen LogP contribution in [0.15, 0.2) is 11.1 Å². The highest BCUT2D eigenvalue weighted by molar-refractivity contribution is 7.18. The first-order valence-corrected chi connectivity index (χ1v) is 9.96. The van der Waals surface area contributed by atoms with Crippen molar-refractivity contribution in [2.45, 2.75) is 51.6 Å². The first-order chi connectivity index (χ1) is 12.1. The SMILES string of the molecule is CC1CNCCN1C(=O)CCn1cnc2sc3c(c2c1=O)CCCC3.